The Morgan fingerprint density at radius 2 is 2.56 bits per heavy atom. The van der Waals surface area contributed by atoms with Crippen LogP contribution >= 0.6 is 11.7 Å². The Labute approximate surface area is 96.7 Å². The van der Waals surface area contributed by atoms with Crippen molar-refractivity contribution in [2.75, 3.05) is 26.8 Å². The Kier molecular flexibility index (Phi) is 5.68. The van der Waals surface area contributed by atoms with E-state index in [1.54, 1.807) is 0 Å². The summed E-state index contributed by atoms with van der Waals surface area (Å²) in [5.41, 5.74) is 0. The van der Waals surface area contributed by atoms with Crippen molar-refractivity contribution in [2.24, 2.45) is 0 Å². The molecule has 2 N–H and O–H groups in total. The molecule has 0 bridgehead atoms. The van der Waals surface area contributed by atoms with Gasteiger partial charge < -0.3 is 19.9 Å². The van der Waals surface area contributed by atoms with E-state index < -0.39 is 6.10 Å². The van der Waals surface area contributed by atoms with E-state index in [0.29, 0.717) is 5.88 Å². The Morgan fingerprint density at radius 1 is 1.75 bits per heavy atom. The van der Waals surface area contributed by atoms with Gasteiger partial charge >= 0.3 is 5.97 Å². The van der Waals surface area contributed by atoms with Crippen LogP contribution in [0.4, 0.5) is 0 Å². The summed E-state index contributed by atoms with van der Waals surface area (Å²) in [5, 5.41) is 12.2. The van der Waals surface area contributed by atoms with Gasteiger partial charge in [-0.1, -0.05) is 0 Å². The molecule has 1 unspecified atom stereocenters. The molecule has 16 heavy (non-hydrogen) atoms. The van der Waals surface area contributed by atoms with Crippen molar-refractivity contribution in [3.05, 3.63) is 6.20 Å². The average Bonchev–Trinajstić information content (AvgIpc) is 2.79. The van der Waals surface area contributed by atoms with E-state index in [1.807, 2.05) is 0 Å². The van der Waals surface area contributed by atoms with E-state index in [-0.39, 0.29) is 25.7 Å². The van der Waals surface area contributed by atoms with Crippen LogP contribution in [0.15, 0.2) is 6.20 Å². The van der Waals surface area contributed by atoms with Gasteiger partial charge in [0.1, 0.15) is 18.9 Å². The molecule has 1 atom stereocenters. The SMILES string of the molecule is COC(=O)CNCC(O)COc1cnsn1. The highest BCUT2D eigenvalue weighted by Gasteiger charge is 2.07. The zero-order valence-corrected chi connectivity index (χ0v) is 9.57. The van der Waals surface area contributed by atoms with Gasteiger partial charge in [-0.3, -0.25) is 4.79 Å². The molecular weight excluding hydrogens is 234 g/mol. The fourth-order valence-corrected chi connectivity index (χ4v) is 1.24. The maximum Gasteiger partial charge on any atom is 0.319 e. The van der Waals surface area contributed by atoms with Gasteiger partial charge in [-0.15, -0.1) is 4.37 Å². The fraction of sp³-hybridized carbons (Fsp3) is 0.625. The highest BCUT2D eigenvalue weighted by atomic mass is 32.1. The summed E-state index contributed by atoms with van der Waals surface area (Å²) < 4.78 is 17.1. The fourth-order valence-electron chi connectivity index (χ4n) is 0.873. The normalized spacial score (nSPS) is 12.1. The van der Waals surface area contributed by atoms with Gasteiger partial charge in [0.2, 0.25) is 5.88 Å². The first-order valence-corrected chi connectivity index (χ1v) is 5.31. The molecule has 0 aromatic carbocycles. The summed E-state index contributed by atoms with van der Waals surface area (Å²) >= 11 is 1.03. The lowest BCUT2D eigenvalue weighted by Gasteiger charge is -2.10. The van der Waals surface area contributed by atoms with Crippen LogP contribution in [0.5, 0.6) is 5.88 Å². The molecule has 0 aliphatic carbocycles. The Morgan fingerprint density at radius 3 is 3.19 bits per heavy atom. The molecule has 1 aromatic heterocycles. The van der Waals surface area contributed by atoms with Gasteiger partial charge in [0.25, 0.3) is 0 Å². The number of ether oxygens (including phenoxy) is 2. The predicted octanol–water partition coefficient (Wildman–Crippen LogP) is -0.960. The number of carbonyl (C=O) groups is 1. The first-order valence-electron chi connectivity index (χ1n) is 4.58. The van der Waals surface area contributed by atoms with Crippen LogP contribution < -0.4 is 10.1 Å². The minimum Gasteiger partial charge on any atom is -0.473 e. The second-order valence-corrected chi connectivity index (χ2v) is 3.47. The number of nitrogens with zero attached hydrogens (tertiary/aromatic N) is 2. The molecule has 0 spiro atoms. The van der Waals surface area contributed by atoms with Crippen molar-refractivity contribution in [3.8, 4) is 5.88 Å². The number of carbonyl (C=O) groups excluding carboxylic acids is 1. The maximum absolute atomic E-state index is 10.7. The second-order valence-electron chi connectivity index (χ2n) is 2.92. The number of esters is 1. The molecule has 0 aliphatic heterocycles. The monoisotopic (exact) mass is 247 g/mol. The number of aliphatic hydroxyl groups excluding tert-OH is 1. The number of hydrogen-bond donors (Lipinski definition) is 2. The molecule has 0 saturated carbocycles. The van der Waals surface area contributed by atoms with Crippen LogP contribution in [-0.4, -0.2) is 52.7 Å². The van der Waals surface area contributed by atoms with Crippen LogP contribution in [-0.2, 0) is 9.53 Å². The molecule has 0 amide bonds. The van der Waals surface area contributed by atoms with Gasteiger partial charge in [0.15, 0.2) is 0 Å². The molecule has 1 rings (SSSR count). The average molecular weight is 247 g/mol. The standard InChI is InChI=1S/C8H13N3O4S/c1-14-8(13)4-9-2-6(12)5-15-7-3-10-16-11-7/h3,6,9,12H,2,4-5H2,1H3. The summed E-state index contributed by atoms with van der Waals surface area (Å²) in [4.78, 5) is 10.7. The van der Waals surface area contributed by atoms with E-state index in [1.165, 1.54) is 13.3 Å². The molecule has 1 aromatic rings. The highest BCUT2D eigenvalue weighted by Crippen LogP contribution is 2.04. The van der Waals surface area contributed by atoms with Crippen molar-refractivity contribution in [3.63, 3.8) is 0 Å². The van der Waals surface area contributed by atoms with Crippen LogP contribution in [0.2, 0.25) is 0 Å². The first kappa shape index (κ1) is 12.8. The molecular formula is C8H13N3O4S. The first-order chi connectivity index (χ1) is 7.72. The Hall–Kier alpha value is -1.25. The zero-order chi connectivity index (χ0) is 11.8. The van der Waals surface area contributed by atoms with Gasteiger partial charge in [0.05, 0.1) is 25.4 Å². The largest absolute Gasteiger partial charge is 0.473 e. The van der Waals surface area contributed by atoms with Crippen LogP contribution in [0.3, 0.4) is 0 Å². The maximum atomic E-state index is 10.7. The molecule has 7 nitrogen and oxygen atoms in total. The Bertz CT molecular complexity index is 306. The quantitative estimate of drug-likeness (QED) is 0.599. The molecule has 0 saturated heterocycles. The third-order valence-corrected chi connectivity index (χ3v) is 2.10. The lowest BCUT2D eigenvalue weighted by molar-refractivity contribution is -0.139. The van der Waals surface area contributed by atoms with E-state index in [9.17, 15) is 9.90 Å². The number of hydrogen-bond acceptors (Lipinski definition) is 8. The molecule has 0 aliphatic rings. The van der Waals surface area contributed by atoms with Crippen molar-refractivity contribution >= 4 is 17.7 Å². The lowest BCUT2D eigenvalue weighted by Crippen LogP contribution is -2.34. The number of rotatable bonds is 7. The van der Waals surface area contributed by atoms with Crippen LogP contribution in [0.1, 0.15) is 0 Å². The van der Waals surface area contributed by atoms with Crippen molar-refractivity contribution in [2.45, 2.75) is 6.10 Å². The Balaban J connectivity index is 2.07. The zero-order valence-electron chi connectivity index (χ0n) is 8.75. The number of methoxy groups -OCH3 is 1. The summed E-state index contributed by atoms with van der Waals surface area (Å²) in [5.74, 6) is 0.00818. The van der Waals surface area contributed by atoms with Gasteiger partial charge in [0, 0.05) is 6.54 Å². The molecule has 90 valence electrons. The number of aromatic nitrogens is 2. The molecule has 1 heterocycles. The lowest BCUT2D eigenvalue weighted by atomic mass is 10.4. The molecule has 8 heteroatoms. The van der Waals surface area contributed by atoms with Crippen molar-refractivity contribution in [1.29, 1.82) is 0 Å². The van der Waals surface area contributed by atoms with Gasteiger partial charge in [-0.25, -0.2) is 0 Å². The van der Waals surface area contributed by atoms with Gasteiger partial charge in [-0.05, 0) is 0 Å². The van der Waals surface area contributed by atoms with Crippen LogP contribution in [0, 0.1) is 0 Å². The topological polar surface area (TPSA) is 93.6 Å². The van der Waals surface area contributed by atoms with Crippen LogP contribution in [0.25, 0.3) is 0 Å². The third-order valence-electron chi connectivity index (χ3n) is 1.64. The van der Waals surface area contributed by atoms with E-state index in [0.717, 1.165) is 11.7 Å². The molecule has 0 fully saturated rings. The molecule has 0 radical (unpaired) electrons. The third kappa shape index (κ3) is 5.01. The van der Waals surface area contributed by atoms with E-state index in [4.69, 9.17) is 4.74 Å². The van der Waals surface area contributed by atoms with Crippen molar-refractivity contribution in [1.82, 2.24) is 14.1 Å². The van der Waals surface area contributed by atoms with E-state index >= 15 is 0 Å². The highest BCUT2D eigenvalue weighted by molar-refractivity contribution is 6.99. The number of nitrogens with one attached hydrogen (secondary N) is 1. The smallest absolute Gasteiger partial charge is 0.319 e. The van der Waals surface area contributed by atoms with Crippen molar-refractivity contribution < 1.29 is 19.4 Å². The summed E-state index contributed by atoms with van der Waals surface area (Å²) in [6.45, 7) is 0.401. The van der Waals surface area contributed by atoms with E-state index in [2.05, 4.69) is 18.8 Å². The summed E-state index contributed by atoms with van der Waals surface area (Å²) in [6.07, 6.45) is 0.755. The van der Waals surface area contributed by atoms with Gasteiger partial charge in [-0.2, -0.15) is 4.37 Å². The number of aliphatic hydroxyl groups is 1. The second kappa shape index (κ2) is 7.09. The summed E-state index contributed by atoms with van der Waals surface area (Å²) in [7, 11) is 1.30. The predicted molar refractivity (Wildman–Crippen MR) is 56.3 cm³/mol. The minimum atomic E-state index is -0.716. The summed E-state index contributed by atoms with van der Waals surface area (Å²) in [6, 6.07) is 0. The minimum absolute atomic E-state index is 0.0613.